The zero-order chi connectivity index (χ0) is 31.7. The lowest BCUT2D eigenvalue weighted by molar-refractivity contribution is -0.140. The fourth-order valence-electron chi connectivity index (χ4n) is 4.79. The largest absolute Gasteiger partial charge is 0.352 e. The van der Waals surface area contributed by atoms with Gasteiger partial charge in [-0.2, -0.15) is 0 Å². The Balaban J connectivity index is 1.80. The molecule has 0 saturated heterocycles. The maximum absolute atomic E-state index is 14.5. The van der Waals surface area contributed by atoms with E-state index in [4.69, 9.17) is 11.6 Å². The average Bonchev–Trinajstić information content (AvgIpc) is 3.02. The van der Waals surface area contributed by atoms with Crippen LogP contribution in [0.4, 0.5) is 5.69 Å². The van der Waals surface area contributed by atoms with Crippen LogP contribution in [-0.2, 0) is 32.6 Å². The van der Waals surface area contributed by atoms with E-state index in [2.05, 4.69) is 5.32 Å². The summed E-state index contributed by atoms with van der Waals surface area (Å²) >= 11 is 6.30. The first-order valence-corrected chi connectivity index (χ1v) is 16.4. The summed E-state index contributed by atoms with van der Waals surface area (Å²) in [5, 5.41) is 3.53. The van der Waals surface area contributed by atoms with Gasteiger partial charge < -0.3 is 10.2 Å². The van der Waals surface area contributed by atoms with Crippen molar-refractivity contribution in [3.8, 4) is 0 Å². The van der Waals surface area contributed by atoms with Gasteiger partial charge in [-0.3, -0.25) is 13.9 Å². The minimum absolute atomic E-state index is 0.0535. The Hall–Kier alpha value is -4.14. The van der Waals surface area contributed by atoms with Crippen molar-refractivity contribution in [3.63, 3.8) is 0 Å². The lowest BCUT2D eigenvalue weighted by Crippen LogP contribution is -2.54. The second-order valence-corrected chi connectivity index (χ2v) is 13.1. The molecule has 9 heteroatoms. The molecule has 230 valence electrons. The van der Waals surface area contributed by atoms with Gasteiger partial charge in [0.2, 0.25) is 11.8 Å². The van der Waals surface area contributed by atoms with Gasteiger partial charge in [0.05, 0.1) is 10.6 Å². The van der Waals surface area contributed by atoms with Crippen molar-refractivity contribution < 1.29 is 18.0 Å². The van der Waals surface area contributed by atoms with E-state index in [1.54, 1.807) is 60.7 Å². The molecule has 4 aromatic carbocycles. The molecule has 0 bridgehead atoms. The number of aryl methyl sites for hydroxylation is 1. The topological polar surface area (TPSA) is 86.8 Å². The van der Waals surface area contributed by atoms with E-state index in [0.29, 0.717) is 22.7 Å². The van der Waals surface area contributed by atoms with Crippen LogP contribution in [0.3, 0.4) is 0 Å². The normalized spacial score (nSPS) is 12.6. The Kier molecular flexibility index (Phi) is 11.2. The lowest BCUT2D eigenvalue weighted by atomic mass is 10.0. The molecule has 0 aliphatic heterocycles. The molecule has 44 heavy (non-hydrogen) atoms. The summed E-state index contributed by atoms with van der Waals surface area (Å²) in [6.45, 7) is 5.33. The van der Waals surface area contributed by atoms with Crippen LogP contribution < -0.4 is 9.62 Å². The Bertz CT molecular complexity index is 1650. The van der Waals surface area contributed by atoms with Crippen LogP contribution in [-0.4, -0.2) is 43.8 Å². The second-order valence-electron chi connectivity index (χ2n) is 10.8. The molecule has 0 heterocycles. The average molecular weight is 632 g/mol. The third-order valence-corrected chi connectivity index (χ3v) is 9.47. The Morgan fingerprint density at radius 2 is 1.45 bits per heavy atom. The second kappa shape index (κ2) is 15.0. The van der Waals surface area contributed by atoms with Crippen molar-refractivity contribution in [1.82, 2.24) is 10.2 Å². The molecule has 7 nitrogen and oxygen atoms in total. The first kappa shape index (κ1) is 32.8. The van der Waals surface area contributed by atoms with Crippen LogP contribution in [0.1, 0.15) is 37.0 Å². The maximum Gasteiger partial charge on any atom is 0.264 e. The van der Waals surface area contributed by atoms with Crippen molar-refractivity contribution in [3.05, 3.63) is 131 Å². The van der Waals surface area contributed by atoms with Gasteiger partial charge in [-0.15, -0.1) is 0 Å². The Morgan fingerprint density at radius 3 is 2.07 bits per heavy atom. The first-order chi connectivity index (χ1) is 21.1. The number of hydrogen-bond acceptors (Lipinski definition) is 4. The third kappa shape index (κ3) is 8.49. The summed E-state index contributed by atoms with van der Waals surface area (Å²) in [4.78, 5) is 29.9. The lowest BCUT2D eigenvalue weighted by Gasteiger charge is -2.34. The number of amides is 2. The molecule has 0 aliphatic rings. The maximum atomic E-state index is 14.5. The highest BCUT2D eigenvalue weighted by atomic mass is 35.5. The molecule has 0 saturated carbocycles. The number of nitrogens with zero attached hydrogens (tertiary/aromatic N) is 2. The number of benzene rings is 4. The number of nitrogens with one attached hydrogen (secondary N) is 1. The predicted octanol–water partition coefficient (Wildman–Crippen LogP) is 6.40. The summed E-state index contributed by atoms with van der Waals surface area (Å²) < 4.78 is 29.1. The number of sulfonamides is 1. The number of hydrogen-bond donors (Lipinski definition) is 1. The van der Waals surface area contributed by atoms with Gasteiger partial charge >= 0.3 is 0 Å². The van der Waals surface area contributed by atoms with Gasteiger partial charge in [-0.05, 0) is 67.8 Å². The fourth-order valence-corrected chi connectivity index (χ4v) is 6.43. The van der Waals surface area contributed by atoms with Crippen LogP contribution in [0.2, 0.25) is 5.02 Å². The van der Waals surface area contributed by atoms with Crippen LogP contribution in [0.25, 0.3) is 0 Å². The minimum Gasteiger partial charge on any atom is -0.352 e. The molecule has 2 atom stereocenters. The molecule has 1 N–H and O–H groups in total. The van der Waals surface area contributed by atoms with E-state index in [0.717, 1.165) is 15.4 Å². The van der Waals surface area contributed by atoms with E-state index >= 15 is 0 Å². The van der Waals surface area contributed by atoms with Crippen LogP contribution in [0, 0.1) is 6.92 Å². The van der Waals surface area contributed by atoms with Crippen LogP contribution >= 0.6 is 11.6 Å². The van der Waals surface area contributed by atoms with Gasteiger partial charge in [0.25, 0.3) is 10.0 Å². The number of carbonyl (C=O) groups excluding carboxylic acids is 2. The predicted molar refractivity (Wildman–Crippen MR) is 176 cm³/mol. The van der Waals surface area contributed by atoms with Gasteiger partial charge in [0, 0.05) is 24.0 Å². The molecule has 0 aromatic heterocycles. The van der Waals surface area contributed by atoms with E-state index in [9.17, 15) is 18.0 Å². The highest BCUT2D eigenvalue weighted by Gasteiger charge is 2.35. The highest BCUT2D eigenvalue weighted by Crippen LogP contribution is 2.26. The van der Waals surface area contributed by atoms with E-state index in [1.165, 1.54) is 17.0 Å². The molecule has 0 unspecified atom stereocenters. The highest BCUT2D eigenvalue weighted by molar-refractivity contribution is 7.92. The SMILES string of the molecule is CC[C@H](C)NC(=O)[C@H](Cc1ccccc1)N(Cc1cccc(Cl)c1)C(=O)CN(c1ccc(C)cc1)S(=O)(=O)c1ccccc1. The quantitative estimate of drug-likeness (QED) is 0.185. The summed E-state index contributed by atoms with van der Waals surface area (Å²) in [6, 6.07) is 30.5. The van der Waals surface area contributed by atoms with E-state index in [1.807, 2.05) is 57.2 Å². The van der Waals surface area contributed by atoms with Crippen molar-refractivity contribution >= 4 is 39.1 Å². The number of carbonyl (C=O) groups is 2. The van der Waals surface area contributed by atoms with Gasteiger partial charge in [-0.1, -0.05) is 96.9 Å². The van der Waals surface area contributed by atoms with Crippen molar-refractivity contribution in [2.75, 3.05) is 10.8 Å². The Morgan fingerprint density at radius 1 is 0.841 bits per heavy atom. The zero-order valence-corrected chi connectivity index (χ0v) is 26.8. The smallest absolute Gasteiger partial charge is 0.264 e. The standard InChI is InChI=1S/C35H38ClN3O4S/c1-4-27(3)37-35(41)33(23-28-12-7-5-8-13-28)38(24-29-14-11-15-30(36)22-29)34(40)25-39(31-20-18-26(2)19-21-31)44(42,43)32-16-9-6-10-17-32/h5-22,27,33H,4,23-25H2,1-3H3,(H,37,41)/t27-,33-/m0/s1. The minimum atomic E-state index is -4.14. The molecular formula is C35H38ClN3O4S. The van der Waals surface area contributed by atoms with Crippen molar-refractivity contribution in [2.24, 2.45) is 0 Å². The molecule has 0 fully saturated rings. The summed E-state index contributed by atoms with van der Waals surface area (Å²) in [7, 11) is -4.14. The molecule has 0 radical (unpaired) electrons. The van der Waals surface area contributed by atoms with Gasteiger partial charge in [0.15, 0.2) is 0 Å². The van der Waals surface area contributed by atoms with Crippen molar-refractivity contribution in [2.45, 2.75) is 57.1 Å². The molecule has 0 aliphatic carbocycles. The van der Waals surface area contributed by atoms with Crippen LogP contribution in [0.15, 0.2) is 114 Å². The van der Waals surface area contributed by atoms with Crippen LogP contribution in [0.5, 0.6) is 0 Å². The monoisotopic (exact) mass is 631 g/mol. The molecule has 4 aromatic rings. The van der Waals surface area contributed by atoms with Gasteiger partial charge in [-0.25, -0.2) is 8.42 Å². The van der Waals surface area contributed by atoms with E-state index in [-0.39, 0.29) is 29.8 Å². The van der Waals surface area contributed by atoms with Crippen molar-refractivity contribution in [1.29, 1.82) is 0 Å². The number of rotatable bonds is 13. The van der Waals surface area contributed by atoms with E-state index < -0.39 is 28.5 Å². The summed E-state index contributed by atoms with van der Waals surface area (Å²) in [5.41, 5.74) is 2.88. The summed E-state index contributed by atoms with van der Waals surface area (Å²) in [5.74, 6) is -0.836. The first-order valence-electron chi connectivity index (χ1n) is 14.6. The third-order valence-electron chi connectivity index (χ3n) is 7.45. The molecule has 4 rings (SSSR count). The number of anilines is 1. The fraction of sp³-hybridized carbons (Fsp3) is 0.257. The summed E-state index contributed by atoms with van der Waals surface area (Å²) in [6.07, 6.45) is 0.952. The molecule has 2 amide bonds. The van der Waals surface area contributed by atoms with Gasteiger partial charge in [0.1, 0.15) is 12.6 Å². The molecular weight excluding hydrogens is 594 g/mol. The zero-order valence-electron chi connectivity index (χ0n) is 25.2. The number of halogens is 1. The Labute approximate surface area is 265 Å². The molecule has 0 spiro atoms.